The largest absolute Gasteiger partial charge is 0.363 e. The molecular weight excluding hydrogens is 422 g/mol. The van der Waals surface area contributed by atoms with Crippen LogP contribution in [0.1, 0.15) is 20.3 Å². The maximum atomic E-state index is 9.43. The second kappa shape index (κ2) is 10.2. The molecule has 2 heterocycles. The molecule has 32 heavy (non-hydrogen) atoms. The van der Waals surface area contributed by atoms with Crippen LogP contribution in [0.4, 0.5) is 17.1 Å². The van der Waals surface area contributed by atoms with Gasteiger partial charge in [0.2, 0.25) is 0 Å². The number of halogens is 1. The van der Waals surface area contributed by atoms with Gasteiger partial charge in [0.1, 0.15) is 6.17 Å². The molecule has 0 aliphatic carbocycles. The lowest BCUT2D eigenvalue weighted by Crippen LogP contribution is -2.64. The molecule has 2 aromatic rings. The highest BCUT2D eigenvalue weighted by Gasteiger charge is 2.35. The van der Waals surface area contributed by atoms with Crippen molar-refractivity contribution in [2.75, 3.05) is 30.3 Å². The number of rotatable bonds is 7. The Kier molecular flexibility index (Phi) is 7.15. The third-order valence-corrected chi connectivity index (χ3v) is 6.29. The van der Waals surface area contributed by atoms with Gasteiger partial charge in [-0.2, -0.15) is 5.26 Å². The molecule has 0 bridgehead atoms. The first-order valence-corrected chi connectivity index (χ1v) is 11.5. The fraction of sp³-hybridized carbons (Fsp3) is 0.417. The lowest BCUT2D eigenvalue weighted by Gasteiger charge is -2.47. The summed E-state index contributed by atoms with van der Waals surface area (Å²) in [6.07, 6.45) is 4.86. The summed E-state index contributed by atoms with van der Waals surface area (Å²) in [5.74, 6) is 0.527. The monoisotopic (exact) mass is 451 g/mol. The third-order valence-electron chi connectivity index (χ3n) is 5.96. The van der Waals surface area contributed by atoms with Crippen molar-refractivity contribution < 1.29 is 0 Å². The van der Waals surface area contributed by atoms with Crippen molar-refractivity contribution in [1.29, 1.82) is 5.26 Å². The molecule has 0 amide bonds. The first-order chi connectivity index (χ1) is 15.5. The SMILES string of the molecule is CC(C)CC1CN(C2C=Nc3ccccc3N2)CCN1C(NC#N)Nc1ccccc1Cl. The smallest absolute Gasteiger partial charge is 0.179 e. The van der Waals surface area contributed by atoms with Gasteiger partial charge in [-0.25, -0.2) is 0 Å². The Labute approximate surface area is 195 Å². The van der Waals surface area contributed by atoms with Gasteiger partial charge in [-0.15, -0.1) is 0 Å². The topological polar surface area (TPSA) is 78.7 Å². The highest BCUT2D eigenvalue weighted by molar-refractivity contribution is 6.33. The van der Waals surface area contributed by atoms with Gasteiger partial charge in [0.15, 0.2) is 12.5 Å². The summed E-state index contributed by atoms with van der Waals surface area (Å²) in [6, 6.07) is 16.0. The fourth-order valence-corrected chi connectivity index (χ4v) is 4.66. The molecule has 0 radical (unpaired) electrons. The number of benzene rings is 2. The number of hydrogen-bond acceptors (Lipinski definition) is 7. The second-order valence-electron chi connectivity index (χ2n) is 8.68. The average Bonchev–Trinajstić information content (AvgIpc) is 2.79. The molecule has 168 valence electrons. The average molecular weight is 452 g/mol. The van der Waals surface area contributed by atoms with E-state index in [1.54, 1.807) is 0 Å². The Hall–Kier alpha value is -2.79. The summed E-state index contributed by atoms with van der Waals surface area (Å²) in [5.41, 5.74) is 2.85. The van der Waals surface area contributed by atoms with Crippen molar-refractivity contribution in [2.24, 2.45) is 10.9 Å². The molecule has 3 unspecified atom stereocenters. The van der Waals surface area contributed by atoms with Crippen LogP contribution in [-0.4, -0.2) is 54.1 Å². The van der Waals surface area contributed by atoms with Crippen molar-refractivity contribution in [2.45, 2.75) is 38.8 Å². The van der Waals surface area contributed by atoms with Crippen molar-refractivity contribution >= 4 is 34.9 Å². The minimum Gasteiger partial charge on any atom is -0.363 e. The van der Waals surface area contributed by atoms with Gasteiger partial charge in [-0.05, 0) is 36.6 Å². The normalized spacial score (nSPS) is 22.0. The molecule has 2 aliphatic heterocycles. The van der Waals surface area contributed by atoms with Crippen LogP contribution in [0.15, 0.2) is 53.5 Å². The molecule has 0 saturated carbocycles. The van der Waals surface area contributed by atoms with Crippen molar-refractivity contribution in [3.05, 3.63) is 53.6 Å². The van der Waals surface area contributed by atoms with Crippen molar-refractivity contribution in [1.82, 2.24) is 15.1 Å². The molecule has 2 aliphatic rings. The maximum Gasteiger partial charge on any atom is 0.179 e. The van der Waals surface area contributed by atoms with Gasteiger partial charge >= 0.3 is 0 Å². The number of aliphatic imine (C=N–C) groups is 1. The molecule has 3 atom stereocenters. The Morgan fingerprint density at radius 3 is 2.75 bits per heavy atom. The third kappa shape index (κ3) is 5.16. The Morgan fingerprint density at radius 2 is 1.97 bits per heavy atom. The van der Waals surface area contributed by atoms with E-state index in [-0.39, 0.29) is 18.5 Å². The van der Waals surface area contributed by atoms with E-state index < -0.39 is 0 Å². The zero-order valence-corrected chi connectivity index (χ0v) is 19.3. The van der Waals surface area contributed by atoms with Gasteiger partial charge in [0.25, 0.3) is 0 Å². The van der Waals surface area contributed by atoms with Crippen LogP contribution < -0.4 is 16.0 Å². The summed E-state index contributed by atoms with van der Waals surface area (Å²) in [5, 5.41) is 20.1. The van der Waals surface area contributed by atoms with Crippen LogP contribution in [0.2, 0.25) is 5.02 Å². The van der Waals surface area contributed by atoms with E-state index in [4.69, 9.17) is 11.6 Å². The number of hydrogen-bond donors (Lipinski definition) is 3. The van der Waals surface area contributed by atoms with Crippen LogP contribution in [0.25, 0.3) is 0 Å². The highest BCUT2D eigenvalue weighted by Crippen LogP contribution is 2.30. The van der Waals surface area contributed by atoms with Gasteiger partial charge in [-0.3, -0.25) is 20.1 Å². The summed E-state index contributed by atoms with van der Waals surface area (Å²) in [4.78, 5) is 9.44. The summed E-state index contributed by atoms with van der Waals surface area (Å²) < 4.78 is 0. The number of para-hydroxylation sites is 3. The van der Waals surface area contributed by atoms with E-state index in [1.807, 2.05) is 48.7 Å². The second-order valence-corrected chi connectivity index (χ2v) is 9.09. The minimum atomic E-state index is -0.334. The number of fused-ring (bicyclic) bond motifs is 1. The quantitative estimate of drug-likeness (QED) is 0.331. The zero-order chi connectivity index (χ0) is 22.5. The molecule has 1 saturated heterocycles. The highest BCUT2D eigenvalue weighted by atomic mass is 35.5. The van der Waals surface area contributed by atoms with Crippen LogP contribution in [-0.2, 0) is 0 Å². The van der Waals surface area contributed by atoms with Gasteiger partial charge in [-0.1, -0.05) is 49.7 Å². The van der Waals surface area contributed by atoms with Crippen LogP contribution in [0, 0.1) is 17.4 Å². The molecule has 8 heteroatoms. The fourth-order valence-electron chi connectivity index (χ4n) is 4.47. The van der Waals surface area contributed by atoms with E-state index >= 15 is 0 Å². The van der Waals surface area contributed by atoms with E-state index in [1.165, 1.54) is 0 Å². The molecule has 3 N–H and O–H groups in total. The standard InChI is InChI=1S/C24H30ClN7/c1-17(2)13-18-15-31(23-14-27-21-9-5-6-10-22(21)29-23)11-12-32(18)24(28-16-26)30-20-8-4-3-7-19(20)25/h3-10,14,17-18,23-24,28-30H,11-13,15H2,1-2H3. The van der Waals surface area contributed by atoms with Crippen molar-refractivity contribution in [3.63, 3.8) is 0 Å². The van der Waals surface area contributed by atoms with Crippen molar-refractivity contribution in [3.8, 4) is 6.19 Å². The number of nitrogens with zero attached hydrogens (tertiary/aromatic N) is 4. The Bertz CT molecular complexity index is 986. The Morgan fingerprint density at radius 1 is 1.19 bits per heavy atom. The number of piperazine rings is 1. The van der Waals surface area contributed by atoms with Gasteiger partial charge < -0.3 is 10.6 Å². The van der Waals surface area contributed by atoms with E-state index in [0.29, 0.717) is 10.9 Å². The molecule has 0 aromatic heterocycles. The maximum absolute atomic E-state index is 9.43. The molecule has 7 nitrogen and oxygen atoms in total. The molecular formula is C24H30ClN7. The number of nitrogens with one attached hydrogen (secondary N) is 3. The zero-order valence-electron chi connectivity index (χ0n) is 18.5. The lowest BCUT2D eigenvalue weighted by atomic mass is 9.99. The molecule has 4 rings (SSSR count). The number of anilines is 2. The molecule has 2 aromatic carbocycles. The summed E-state index contributed by atoms with van der Waals surface area (Å²) >= 11 is 6.37. The molecule has 1 fully saturated rings. The summed E-state index contributed by atoms with van der Waals surface area (Å²) in [7, 11) is 0. The van der Waals surface area contributed by atoms with E-state index in [0.717, 1.165) is 43.1 Å². The first kappa shape index (κ1) is 22.4. The van der Waals surface area contributed by atoms with E-state index in [9.17, 15) is 5.26 Å². The lowest BCUT2D eigenvalue weighted by molar-refractivity contribution is 0.0292. The number of nitriles is 1. The minimum absolute atomic E-state index is 0.0561. The predicted molar refractivity (Wildman–Crippen MR) is 131 cm³/mol. The van der Waals surface area contributed by atoms with Crippen LogP contribution >= 0.6 is 11.6 Å². The first-order valence-electron chi connectivity index (χ1n) is 11.1. The van der Waals surface area contributed by atoms with Crippen LogP contribution in [0.3, 0.4) is 0 Å². The summed E-state index contributed by atoms with van der Waals surface area (Å²) in [6.45, 7) is 7.01. The van der Waals surface area contributed by atoms with Gasteiger partial charge in [0.05, 0.1) is 22.1 Å². The molecule has 0 spiro atoms. The Balaban J connectivity index is 1.51. The van der Waals surface area contributed by atoms with E-state index in [2.05, 4.69) is 56.8 Å². The predicted octanol–water partition coefficient (Wildman–Crippen LogP) is 4.29. The van der Waals surface area contributed by atoms with Gasteiger partial charge in [0, 0.05) is 31.9 Å². The van der Waals surface area contributed by atoms with Crippen LogP contribution in [0.5, 0.6) is 0 Å².